The number of ether oxygens (including phenoxy) is 3. The molecule has 0 aliphatic carbocycles. The number of aryl methyl sites for hydroxylation is 1. The summed E-state index contributed by atoms with van der Waals surface area (Å²) in [6.07, 6.45) is 6.56. The van der Waals surface area contributed by atoms with Crippen molar-refractivity contribution in [2.75, 3.05) is 20.3 Å². The molecule has 1 heterocycles. The summed E-state index contributed by atoms with van der Waals surface area (Å²) in [6.45, 7) is 5.47. The third kappa shape index (κ3) is 4.71. The van der Waals surface area contributed by atoms with Gasteiger partial charge in [0, 0.05) is 18.5 Å². The van der Waals surface area contributed by atoms with Crippen LogP contribution >= 0.6 is 0 Å². The van der Waals surface area contributed by atoms with Gasteiger partial charge < -0.3 is 18.8 Å². The number of methoxy groups -OCH3 is 1. The number of benzene rings is 1. The van der Waals surface area contributed by atoms with Crippen molar-refractivity contribution in [2.24, 2.45) is 7.05 Å². The quantitative estimate of drug-likeness (QED) is 0.545. The van der Waals surface area contributed by atoms with E-state index in [1.807, 2.05) is 18.2 Å². The highest BCUT2D eigenvalue weighted by Crippen LogP contribution is 2.34. The zero-order valence-electron chi connectivity index (χ0n) is 16.5. The van der Waals surface area contributed by atoms with Gasteiger partial charge in [-0.3, -0.25) is 4.79 Å². The molecule has 26 heavy (non-hydrogen) atoms. The lowest BCUT2D eigenvalue weighted by Crippen LogP contribution is -2.21. The van der Waals surface area contributed by atoms with E-state index in [1.54, 1.807) is 18.7 Å². The highest BCUT2D eigenvalue weighted by atomic mass is 16.5. The van der Waals surface area contributed by atoms with E-state index in [1.165, 1.54) is 19.3 Å². The lowest BCUT2D eigenvalue weighted by atomic mass is 10.1. The first-order valence-electron chi connectivity index (χ1n) is 9.60. The van der Waals surface area contributed by atoms with Crippen LogP contribution in [0.2, 0.25) is 0 Å². The molecule has 0 radical (unpaired) electrons. The van der Waals surface area contributed by atoms with Gasteiger partial charge in [0.2, 0.25) is 5.75 Å². The number of aromatic nitrogens is 1. The van der Waals surface area contributed by atoms with Crippen LogP contribution in [0.3, 0.4) is 0 Å². The highest BCUT2D eigenvalue weighted by molar-refractivity contribution is 5.89. The third-order valence-corrected chi connectivity index (χ3v) is 4.50. The van der Waals surface area contributed by atoms with Gasteiger partial charge in [0.05, 0.1) is 25.8 Å². The maximum Gasteiger partial charge on any atom is 0.297 e. The first-order chi connectivity index (χ1) is 12.6. The average Bonchev–Trinajstić information content (AvgIpc) is 2.66. The van der Waals surface area contributed by atoms with E-state index in [-0.39, 0.29) is 11.3 Å². The van der Waals surface area contributed by atoms with E-state index < -0.39 is 0 Å². The minimum atomic E-state index is -0.189. The van der Waals surface area contributed by atoms with Crippen LogP contribution in [0.15, 0.2) is 23.0 Å². The van der Waals surface area contributed by atoms with Crippen molar-refractivity contribution in [3.8, 4) is 17.2 Å². The summed E-state index contributed by atoms with van der Waals surface area (Å²) in [6, 6.07) is 5.75. The topological polar surface area (TPSA) is 49.7 Å². The zero-order valence-corrected chi connectivity index (χ0v) is 16.5. The van der Waals surface area contributed by atoms with Gasteiger partial charge in [-0.15, -0.1) is 0 Å². The fraction of sp³-hybridized carbons (Fsp3) is 0.571. The van der Waals surface area contributed by atoms with Gasteiger partial charge in [-0.05, 0) is 25.0 Å². The van der Waals surface area contributed by atoms with Crippen molar-refractivity contribution in [2.45, 2.75) is 52.4 Å². The third-order valence-electron chi connectivity index (χ3n) is 4.50. The summed E-state index contributed by atoms with van der Waals surface area (Å²) in [5.74, 6) is 1.54. The maximum absolute atomic E-state index is 12.7. The van der Waals surface area contributed by atoms with Gasteiger partial charge in [-0.1, -0.05) is 39.5 Å². The molecule has 2 aromatic rings. The summed E-state index contributed by atoms with van der Waals surface area (Å²) in [5.41, 5.74) is 0.589. The monoisotopic (exact) mass is 361 g/mol. The summed E-state index contributed by atoms with van der Waals surface area (Å²) in [7, 11) is 3.32. The highest BCUT2D eigenvalue weighted by Gasteiger charge is 2.18. The molecule has 0 N–H and O–H groups in total. The molecule has 1 aromatic heterocycles. The van der Waals surface area contributed by atoms with Gasteiger partial charge in [-0.2, -0.15) is 0 Å². The molecule has 1 aromatic carbocycles. The van der Waals surface area contributed by atoms with Gasteiger partial charge in [-0.25, -0.2) is 0 Å². The van der Waals surface area contributed by atoms with Crippen LogP contribution in [0.5, 0.6) is 17.2 Å². The number of hydrogen-bond donors (Lipinski definition) is 0. The van der Waals surface area contributed by atoms with E-state index in [2.05, 4.69) is 13.8 Å². The second kappa shape index (κ2) is 10.1. The van der Waals surface area contributed by atoms with E-state index in [4.69, 9.17) is 14.2 Å². The Morgan fingerprint density at radius 1 is 0.923 bits per heavy atom. The van der Waals surface area contributed by atoms with Crippen molar-refractivity contribution < 1.29 is 14.2 Å². The average molecular weight is 361 g/mol. The molecular weight excluding hydrogens is 330 g/mol. The largest absolute Gasteiger partial charge is 0.494 e. The minimum Gasteiger partial charge on any atom is -0.494 e. The SMILES string of the molecule is CCCCCCOc1ccc2c(OC)c(OCCCC)c(=O)n(C)c2c1. The summed E-state index contributed by atoms with van der Waals surface area (Å²) >= 11 is 0. The Balaban J connectivity index is 2.29. The Bertz CT molecular complexity index is 767. The Hall–Kier alpha value is -2.17. The van der Waals surface area contributed by atoms with Crippen LogP contribution in [0.25, 0.3) is 10.9 Å². The smallest absolute Gasteiger partial charge is 0.297 e. The number of fused-ring (bicyclic) bond motifs is 1. The fourth-order valence-electron chi connectivity index (χ4n) is 2.92. The number of nitrogens with zero attached hydrogens (tertiary/aromatic N) is 1. The van der Waals surface area contributed by atoms with Crippen molar-refractivity contribution in [1.29, 1.82) is 0 Å². The number of rotatable bonds is 11. The molecule has 0 unspecified atom stereocenters. The van der Waals surface area contributed by atoms with Crippen LogP contribution in [-0.2, 0) is 7.05 Å². The van der Waals surface area contributed by atoms with Crippen molar-refractivity contribution in [1.82, 2.24) is 4.57 Å². The summed E-state index contributed by atoms with van der Waals surface area (Å²) in [5, 5.41) is 0.847. The fourth-order valence-corrected chi connectivity index (χ4v) is 2.92. The molecule has 2 rings (SSSR count). The normalized spacial score (nSPS) is 10.9. The van der Waals surface area contributed by atoms with Gasteiger partial charge in [0.1, 0.15) is 5.75 Å². The predicted octanol–water partition coefficient (Wildman–Crippen LogP) is 4.69. The number of pyridine rings is 1. The first-order valence-corrected chi connectivity index (χ1v) is 9.60. The Morgan fingerprint density at radius 3 is 2.35 bits per heavy atom. The Labute approximate surface area is 155 Å². The van der Waals surface area contributed by atoms with Gasteiger partial charge in [0.15, 0.2) is 5.75 Å². The molecule has 0 atom stereocenters. The van der Waals surface area contributed by atoms with Gasteiger partial charge in [0.25, 0.3) is 5.56 Å². The minimum absolute atomic E-state index is 0.189. The standard InChI is InChI=1S/C21H31NO4/c1-5-7-9-10-14-25-16-11-12-17-18(15-16)22(3)21(23)20(19(17)24-4)26-13-8-6-2/h11-12,15H,5-10,13-14H2,1-4H3. The molecule has 0 aliphatic heterocycles. The van der Waals surface area contributed by atoms with Crippen LogP contribution in [0.1, 0.15) is 52.4 Å². The molecule has 0 saturated heterocycles. The summed E-state index contributed by atoms with van der Waals surface area (Å²) in [4.78, 5) is 12.7. The molecule has 0 fully saturated rings. The molecule has 0 saturated carbocycles. The molecule has 0 amide bonds. The molecule has 5 heteroatoms. The lowest BCUT2D eigenvalue weighted by Gasteiger charge is -2.16. The Morgan fingerprint density at radius 2 is 1.65 bits per heavy atom. The molecule has 0 aliphatic rings. The summed E-state index contributed by atoms with van der Waals surface area (Å²) < 4.78 is 18.7. The zero-order chi connectivity index (χ0) is 18.9. The lowest BCUT2D eigenvalue weighted by molar-refractivity contribution is 0.284. The second-order valence-electron chi connectivity index (χ2n) is 6.52. The van der Waals surface area contributed by atoms with Crippen LogP contribution < -0.4 is 19.8 Å². The van der Waals surface area contributed by atoms with Crippen molar-refractivity contribution in [3.05, 3.63) is 28.6 Å². The maximum atomic E-state index is 12.7. The van der Waals surface area contributed by atoms with Gasteiger partial charge >= 0.3 is 0 Å². The number of hydrogen-bond acceptors (Lipinski definition) is 4. The molecule has 144 valence electrons. The van der Waals surface area contributed by atoms with Crippen LogP contribution in [0, 0.1) is 0 Å². The molecule has 0 spiro atoms. The molecule has 5 nitrogen and oxygen atoms in total. The van der Waals surface area contributed by atoms with Crippen LogP contribution in [-0.4, -0.2) is 24.9 Å². The van der Waals surface area contributed by atoms with E-state index in [0.29, 0.717) is 19.0 Å². The Kier molecular flexibility index (Phi) is 7.82. The molecule has 0 bridgehead atoms. The molecular formula is C21H31NO4. The predicted molar refractivity (Wildman–Crippen MR) is 106 cm³/mol. The van der Waals surface area contributed by atoms with E-state index in [0.717, 1.165) is 35.9 Å². The van der Waals surface area contributed by atoms with E-state index in [9.17, 15) is 4.79 Å². The number of unbranched alkanes of at least 4 members (excludes halogenated alkanes) is 4. The van der Waals surface area contributed by atoms with Crippen molar-refractivity contribution >= 4 is 10.9 Å². The van der Waals surface area contributed by atoms with Crippen molar-refractivity contribution in [3.63, 3.8) is 0 Å². The van der Waals surface area contributed by atoms with E-state index >= 15 is 0 Å². The first kappa shape index (κ1) is 20.1. The van der Waals surface area contributed by atoms with Crippen LogP contribution in [0.4, 0.5) is 0 Å². The second-order valence-corrected chi connectivity index (χ2v) is 6.52.